The molecule has 0 aromatic heterocycles. The second-order valence-corrected chi connectivity index (χ2v) is 3.55. The van der Waals surface area contributed by atoms with Crippen molar-refractivity contribution < 1.29 is 5.11 Å². The number of hydrogen-bond acceptors (Lipinski definition) is 1. The van der Waals surface area contributed by atoms with Gasteiger partial charge in [0, 0.05) is 0 Å². The average Bonchev–Trinajstić information content (AvgIpc) is 2.30. The molecule has 0 aliphatic heterocycles. The first-order valence-corrected chi connectivity index (χ1v) is 4.92. The molecule has 0 aliphatic carbocycles. The number of aliphatic hydroxyl groups is 1. The second kappa shape index (κ2) is 4.28. The molecule has 0 amide bonds. The molecule has 15 heavy (non-hydrogen) atoms. The van der Waals surface area contributed by atoms with E-state index in [2.05, 4.69) is 6.92 Å². The predicted molar refractivity (Wildman–Crippen MR) is 61.4 cm³/mol. The van der Waals surface area contributed by atoms with Crippen LogP contribution in [0, 0.1) is 6.92 Å². The molecular formula is C14H13O. The van der Waals surface area contributed by atoms with E-state index in [4.69, 9.17) is 0 Å². The van der Waals surface area contributed by atoms with Crippen LogP contribution in [0.25, 0.3) is 0 Å². The summed E-state index contributed by atoms with van der Waals surface area (Å²) in [6.07, 6.45) is -0.549. The summed E-state index contributed by atoms with van der Waals surface area (Å²) in [4.78, 5) is 0. The first-order valence-electron chi connectivity index (χ1n) is 4.92. The fraction of sp³-hybridized carbons (Fsp3) is 0.0714. The van der Waals surface area contributed by atoms with E-state index in [1.165, 1.54) is 0 Å². The van der Waals surface area contributed by atoms with Crippen molar-refractivity contribution >= 4 is 0 Å². The van der Waals surface area contributed by atoms with Crippen molar-refractivity contribution in [2.75, 3.05) is 0 Å². The largest absolute Gasteiger partial charge is 0.384 e. The maximum Gasteiger partial charge on any atom is 0.104 e. The van der Waals surface area contributed by atoms with E-state index in [1.54, 1.807) is 0 Å². The molecule has 0 fully saturated rings. The fourth-order valence-corrected chi connectivity index (χ4v) is 1.53. The maximum atomic E-state index is 10.1. The molecule has 1 N–H and O–H groups in total. The lowest BCUT2D eigenvalue weighted by Crippen LogP contribution is -1.98. The highest BCUT2D eigenvalue weighted by molar-refractivity contribution is 5.32. The summed E-state index contributed by atoms with van der Waals surface area (Å²) in [5, 5.41) is 10.1. The molecule has 0 saturated carbocycles. The fourth-order valence-electron chi connectivity index (χ4n) is 1.53. The van der Waals surface area contributed by atoms with Gasteiger partial charge in [0.15, 0.2) is 0 Å². The summed E-state index contributed by atoms with van der Waals surface area (Å²) in [5.41, 5.74) is 2.77. The summed E-state index contributed by atoms with van der Waals surface area (Å²) in [7, 11) is 0. The number of rotatable bonds is 2. The second-order valence-electron chi connectivity index (χ2n) is 3.55. The lowest BCUT2D eigenvalue weighted by Gasteiger charge is -2.11. The van der Waals surface area contributed by atoms with Crippen LogP contribution in [0.2, 0.25) is 0 Å². The van der Waals surface area contributed by atoms with E-state index < -0.39 is 6.10 Å². The Labute approximate surface area is 90.0 Å². The van der Waals surface area contributed by atoms with Crippen molar-refractivity contribution in [3.8, 4) is 0 Å². The van der Waals surface area contributed by atoms with Crippen LogP contribution < -0.4 is 0 Å². The zero-order valence-electron chi connectivity index (χ0n) is 8.43. The van der Waals surface area contributed by atoms with Gasteiger partial charge in [0.2, 0.25) is 0 Å². The van der Waals surface area contributed by atoms with Gasteiger partial charge in [0.05, 0.1) is 0 Å². The molecule has 0 heterocycles. The smallest absolute Gasteiger partial charge is 0.104 e. The predicted octanol–water partition coefficient (Wildman–Crippen LogP) is 2.95. The Bertz CT molecular complexity index is 417. The first kappa shape index (κ1) is 9.94. The Balaban J connectivity index is 2.29. The van der Waals surface area contributed by atoms with Crippen LogP contribution >= 0.6 is 0 Å². The first-order chi connectivity index (χ1) is 7.27. The van der Waals surface area contributed by atoms with Crippen molar-refractivity contribution in [1.29, 1.82) is 0 Å². The van der Waals surface area contributed by atoms with Crippen molar-refractivity contribution in [2.45, 2.75) is 6.10 Å². The lowest BCUT2D eigenvalue weighted by molar-refractivity contribution is 0.220. The molecule has 2 aromatic rings. The van der Waals surface area contributed by atoms with Gasteiger partial charge in [-0.15, -0.1) is 0 Å². The Morgan fingerprint density at radius 1 is 0.800 bits per heavy atom. The van der Waals surface area contributed by atoms with E-state index >= 15 is 0 Å². The number of benzene rings is 2. The van der Waals surface area contributed by atoms with Crippen molar-refractivity contribution in [1.82, 2.24) is 0 Å². The molecule has 0 aliphatic rings. The highest BCUT2D eigenvalue weighted by Crippen LogP contribution is 2.21. The molecule has 75 valence electrons. The summed E-state index contributed by atoms with van der Waals surface area (Å²) in [5.74, 6) is 0. The van der Waals surface area contributed by atoms with Crippen LogP contribution in [0.3, 0.4) is 0 Å². The maximum absolute atomic E-state index is 10.1. The summed E-state index contributed by atoms with van der Waals surface area (Å²) >= 11 is 0. The van der Waals surface area contributed by atoms with Crippen LogP contribution in [0.1, 0.15) is 22.8 Å². The van der Waals surface area contributed by atoms with Gasteiger partial charge in [-0.05, 0) is 23.6 Å². The van der Waals surface area contributed by atoms with Gasteiger partial charge in [0.1, 0.15) is 6.10 Å². The van der Waals surface area contributed by atoms with Gasteiger partial charge < -0.3 is 5.11 Å². The Morgan fingerprint density at radius 3 is 1.93 bits per heavy atom. The van der Waals surface area contributed by atoms with Gasteiger partial charge in [-0.25, -0.2) is 0 Å². The normalized spacial score (nSPS) is 12.4. The molecule has 1 radical (unpaired) electrons. The zero-order valence-corrected chi connectivity index (χ0v) is 8.43. The van der Waals surface area contributed by atoms with Crippen molar-refractivity contribution in [3.63, 3.8) is 0 Å². The summed E-state index contributed by atoms with van der Waals surface area (Å²) < 4.78 is 0. The quantitative estimate of drug-likeness (QED) is 0.784. The minimum Gasteiger partial charge on any atom is -0.384 e. The van der Waals surface area contributed by atoms with Crippen LogP contribution in [0.15, 0.2) is 54.6 Å². The minimum atomic E-state index is -0.549. The van der Waals surface area contributed by atoms with Crippen LogP contribution in [0.5, 0.6) is 0 Å². The Kier molecular flexibility index (Phi) is 2.84. The van der Waals surface area contributed by atoms with E-state index in [0.29, 0.717) is 0 Å². The van der Waals surface area contributed by atoms with E-state index in [-0.39, 0.29) is 0 Å². The highest BCUT2D eigenvalue weighted by atomic mass is 16.3. The number of hydrogen-bond donors (Lipinski definition) is 1. The Morgan fingerprint density at radius 2 is 1.33 bits per heavy atom. The minimum absolute atomic E-state index is 0.549. The highest BCUT2D eigenvalue weighted by Gasteiger charge is 2.08. The monoisotopic (exact) mass is 197 g/mol. The van der Waals surface area contributed by atoms with Gasteiger partial charge in [0.25, 0.3) is 0 Å². The van der Waals surface area contributed by atoms with E-state index in [9.17, 15) is 5.11 Å². The molecular weight excluding hydrogens is 184 g/mol. The molecule has 0 spiro atoms. The van der Waals surface area contributed by atoms with Crippen LogP contribution in [0.4, 0.5) is 0 Å². The molecule has 1 nitrogen and oxygen atoms in total. The summed E-state index contributed by atoms with van der Waals surface area (Å²) in [6.45, 7) is 3.81. The van der Waals surface area contributed by atoms with Crippen LogP contribution in [-0.2, 0) is 0 Å². The molecule has 1 heteroatoms. The lowest BCUT2D eigenvalue weighted by atomic mass is 10.0. The molecule has 0 saturated heterocycles. The SMILES string of the molecule is [CH2]c1ccc(C(O)c2ccccc2)cc1. The topological polar surface area (TPSA) is 20.2 Å². The van der Waals surface area contributed by atoms with E-state index in [0.717, 1.165) is 16.7 Å². The number of aliphatic hydroxyl groups excluding tert-OH is 1. The third-order valence-corrected chi connectivity index (χ3v) is 2.41. The van der Waals surface area contributed by atoms with Gasteiger partial charge >= 0.3 is 0 Å². The third-order valence-electron chi connectivity index (χ3n) is 2.41. The van der Waals surface area contributed by atoms with Gasteiger partial charge in [-0.2, -0.15) is 0 Å². The van der Waals surface area contributed by atoms with E-state index in [1.807, 2.05) is 54.6 Å². The van der Waals surface area contributed by atoms with Gasteiger partial charge in [-0.1, -0.05) is 54.6 Å². The molecule has 2 rings (SSSR count). The average molecular weight is 197 g/mol. The standard InChI is InChI=1S/C14H13O/c1-11-7-9-13(10-8-11)14(15)12-5-3-2-4-6-12/h2-10,14-15H,1H2. The molecule has 0 bridgehead atoms. The Hall–Kier alpha value is -1.60. The molecule has 2 aromatic carbocycles. The van der Waals surface area contributed by atoms with Gasteiger partial charge in [-0.3, -0.25) is 0 Å². The zero-order chi connectivity index (χ0) is 10.7. The third kappa shape index (κ3) is 2.25. The van der Waals surface area contributed by atoms with Crippen molar-refractivity contribution in [3.05, 3.63) is 78.2 Å². The molecule has 1 unspecified atom stereocenters. The summed E-state index contributed by atoms with van der Waals surface area (Å²) in [6, 6.07) is 17.2. The van der Waals surface area contributed by atoms with Crippen molar-refractivity contribution in [2.24, 2.45) is 0 Å². The molecule has 1 atom stereocenters. The van der Waals surface area contributed by atoms with Crippen LogP contribution in [-0.4, -0.2) is 5.11 Å².